The van der Waals surface area contributed by atoms with Crippen LogP contribution in [0.15, 0.2) is 36.4 Å². The number of rotatable bonds is 2. The summed E-state index contributed by atoms with van der Waals surface area (Å²) in [6, 6.07) is 11.5. The number of hydrogen-bond acceptors (Lipinski definition) is 3. The van der Waals surface area contributed by atoms with Crippen LogP contribution in [-0.4, -0.2) is 11.0 Å². The number of nitrogens with zero attached hydrogens (tertiary/aromatic N) is 1. The Bertz CT molecular complexity index is 854. The molecule has 0 spiro atoms. The third-order valence-corrected chi connectivity index (χ3v) is 4.52. The Morgan fingerprint density at radius 1 is 1.09 bits per heavy atom. The van der Waals surface area contributed by atoms with Crippen LogP contribution >= 0.6 is 11.3 Å². The van der Waals surface area contributed by atoms with Gasteiger partial charge in [-0.25, -0.2) is 9.78 Å². The molecular formula is C17H17N3OS. The summed E-state index contributed by atoms with van der Waals surface area (Å²) in [5.74, 6) is 0. The summed E-state index contributed by atoms with van der Waals surface area (Å²) in [4.78, 5) is 16.6. The molecule has 0 bridgehead atoms. The summed E-state index contributed by atoms with van der Waals surface area (Å²) in [5, 5.41) is 6.23. The number of carbonyl (C=O) groups excluding carboxylic acids is 1. The van der Waals surface area contributed by atoms with E-state index in [0.717, 1.165) is 27.0 Å². The van der Waals surface area contributed by atoms with Crippen LogP contribution < -0.4 is 10.6 Å². The van der Waals surface area contributed by atoms with Gasteiger partial charge in [-0.3, -0.25) is 5.32 Å². The highest BCUT2D eigenvalue weighted by atomic mass is 32.1. The van der Waals surface area contributed by atoms with E-state index in [4.69, 9.17) is 0 Å². The van der Waals surface area contributed by atoms with Gasteiger partial charge in [0.15, 0.2) is 5.13 Å². The minimum absolute atomic E-state index is 0.279. The van der Waals surface area contributed by atoms with Gasteiger partial charge in [-0.05, 0) is 55.7 Å². The molecule has 3 aromatic rings. The molecule has 4 nitrogen and oxygen atoms in total. The molecule has 22 heavy (non-hydrogen) atoms. The van der Waals surface area contributed by atoms with Gasteiger partial charge < -0.3 is 5.32 Å². The molecule has 1 aromatic heterocycles. The first-order valence-electron chi connectivity index (χ1n) is 7.04. The Balaban J connectivity index is 1.78. The second kappa shape index (κ2) is 5.77. The molecule has 2 aromatic carbocycles. The van der Waals surface area contributed by atoms with Crippen LogP contribution in [0, 0.1) is 20.8 Å². The molecule has 112 valence electrons. The third kappa shape index (κ3) is 2.94. The van der Waals surface area contributed by atoms with Crippen molar-refractivity contribution >= 4 is 38.4 Å². The van der Waals surface area contributed by atoms with E-state index in [0.29, 0.717) is 5.13 Å². The number of urea groups is 1. The smallest absolute Gasteiger partial charge is 0.308 e. The molecule has 0 aliphatic carbocycles. The average molecular weight is 311 g/mol. The fourth-order valence-electron chi connectivity index (χ4n) is 2.26. The maximum Gasteiger partial charge on any atom is 0.325 e. The maximum absolute atomic E-state index is 12.1. The molecule has 0 aliphatic heterocycles. The van der Waals surface area contributed by atoms with Crippen molar-refractivity contribution in [2.45, 2.75) is 20.8 Å². The SMILES string of the molecule is Cc1cccc(NC(=O)Nc2nc3c(C)c(C)ccc3s2)c1. The first-order chi connectivity index (χ1) is 10.5. The van der Waals surface area contributed by atoms with Gasteiger partial charge in [0.25, 0.3) is 0 Å². The summed E-state index contributed by atoms with van der Waals surface area (Å²) in [6.45, 7) is 6.10. The second-order valence-corrected chi connectivity index (χ2v) is 6.35. The lowest BCUT2D eigenvalue weighted by molar-refractivity contribution is 0.262. The predicted molar refractivity (Wildman–Crippen MR) is 92.9 cm³/mol. The minimum Gasteiger partial charge on any atom is -0.308 e. The first-order valence-corrected chi connectivity index (χ1v) is 7.86. The Hall–Kier alpha value is -2.40. The third-order valence-electron chi connectivity index (χ3n) is 3.58. The van der Waals surface area contributed by atoms with Crippen molar-refractivity contribution in [2.75, 3.05) is 10.6 Å². The number of carbonyl (C=O) groups is 1. The van der Waals surface area contributed by atoms with E-state index in [1.54, 1.807) is 0 Å². The van der Waals surface area contributed by atoms with Gasteiger partial charge in [-0.1, -0.05) is 29.5 Å². The summed E-state index contributed by atoms with van der Waals surface area (Å²) in [6.07, 6.45) is 0. The molecule has 0 atom stereocenters. The quantitative estimate of drug-likeness (QED) is 0.709. The predicted octanol–water partition coefficient (Wildman–Crippen LogP) is 4.87. The lowest BCUT2D eigenvalue weighted by Gasteiger charge is -2.05. The number of anilines is 2. The molecule has 3 rings (SSSR count). The summed E-state index contributed by atoms with van der Waals surface area (Å²) < 4.78 is 1.08. The number of aromatic nitrogens is 1. The minimum atomic E-state index is -0.279. The number of amides is 2. The summed E-state index contributed by atoms with van der Waals surface area (Å²) in [7, 11) is 0. The zero-order chi connectivity index (χ0) is 15.7. The van der Waals surface area contributed by atoms with Crippen molar-refractivity contribution in [3.05, 3.63) is 53.1 Å². The van der Waals surface area contributed by atoms with E-state index >= 15 is 0 Å². The van der Waals surface area contributed by atoms with Crippen LogP contribution in [0.3, 0.4) is 0 Å². The highest BCUT2D eigenvalue weighted by Crippen LogP contribution is 2.29. The number of fused-ring (bicyclic) bond motifs is 1. The van der Waals surface area contributed by atoms with Gasteiger partial charge in [0.05, 0.1) is 10.2 Å². The molecule has 2 N–H and O–H groups in total. The molecule has 0 radical (unpaired) electrons. The van der Waals surface area contributed by atoms with E-state index in [1.165, 1.54) is 16.9 Å². The molecule has 0 fully saturated rings. The van der Waals surface area contributed by atoms with Crippen molar-refractivity contribution in [1.29, 1.82) is 0 Å². The Morgan fingerprint density at radius 3 is 2.68 bits per heavy atom. The van der Waals surface area contributed by atoms with Crippen molar-refractivity contribution in [3.8, 4) is 0 Å². The van der Waals surface area contributed by atoms with Gasteiger partial charge in [0.1, 0.15) is 0 Å². The van der Waals surface area contributed by atoms with E-state index in [1.807, 2.05) is 44.2 Å². The van der Waals surface area contributed by atoms with Crippen molar-refractivity contribution in [2.24, 2.45) is 0 Å². The Labute approximate surface area is 133 Å². The van der Waals surface area contributed by atoms with E-state index in [9.17, 15) is 4.79 Å². The second-order valence-electron chi connectivity index (χ2n) is 5.32. The number of thiazole rings is 1. The largest absolute Gasteiger partial charge is 0.325 e. The zero-order valence-electron chi connectivity index (χ0n) is 12.7. The lowest BCUT2D eigenvalue weighted by atomic mass is 10.1. The molecule has 2 amide bonds. The lowest BCUT2D eigenvalue weighted by Crippen LogP contribution is -2.19. The van der Waals surface area contributed by atoms with E-state index < -0.39 is 0 Å². The van der Waals surface area contributed by atoms with Crippen LogP contribution in [0.25, 0.3) is 10.2 Å². The van der Waals surface area contributed by atoms with Crippen LogP contribution in [0.1, 0.15) is 16.7 Å². The normalized spacial score (nSPS) is 10.7. The molecule has 0 saturated heterocycles. The number of aryl methyl sites for hydroxylation is 3. The van der Waals surface area contributed by atoms with E-state index in [2.05, 4.69) is 28.6 Å². The average Bonchev–Trinajstić information content (AvgIpc) is 2.86. The van der Waals surface area contributed by atoms with Gasteiger partial charge in [-0.15, -0.1) is 0 Å². The number of hydrogen-bond donors (Lipinski definition) is 2. The number of benzene rings is 2. The fraction of sp³-hybridized carbons (Fsp3) is 0.176. The van der Waals surface area contributed by atoms with E-state index in [-0.39, 0.29) is 6.03 Å². The standard InChI is InChI=1S/C17H17N3OS/c1-10-5-4-6-13(9-10)18-16(21)20-17-19-15-12(3)11(2)7-8-14(15)22-17/h4-9H,1-3H3,(H2,18,19,20,21). The van der Waals surface area contributed by atoms with Crippen molar-refractivity contribution in [3.63, 3.8) is 0 Å². The topological polar surface area (TPSA) is 54.0 Å². The summed E-state index contributed by atoms with van der Waals surface area (Å²) in [5.41, 5.74) is 5.18. The Kier molecular flexibility index (Phi) is 3.81. The van der Waals surface area contributed by atoms with Crippen LogP contribution in [0.5, 0.6) is 0 Å². The zero-order valence-corrected chi connectivity index (χ0v) is 13.5. The van der Waals surface area contributed by atoms with Crippen molar-refractivity contribution in [1.82, 2.24) is 4.98 Å². The maximum atomic E-state index is 12.1. The van der Waals surface area contributed by atoms with Gasteiger partial charge >= 0.3 is 6.03 Å². The molecule has 5 heteroatoms. The molecular weight excluding hydrogens is 294 g/mol. The van der Waals surface area contributed by atoms with Gasteiger partial charge in [0, 0.05) is 5.69 Å². The highest BCUT2D eigenvalue weighted by molar-refractivity contribution is 7.22. The summed E-state index contributed by atoms with van der Waals surface area (Å²) >= 11 is 1.48. The Morgan fingerprint density at radius 2 is 1.91 bits per heavy atom. The van der Waals surface area contributed by atoms with Crippen molar-refractivity contribution < 1.29 is 4.79 Å². The molecule has 0 unspecified atom stereocenters. The van der Waals surface area contributed by atoms with Crippen LogP contribution in [0.4, 0.5) is 15.6 Å². The van der Waals surface area contributed by atoms with Gasteiger partial charge in [-0.2, -0.15) is 0 Å². The van der Waals surface area contributed by atoms with Crippen LogP contribution in [-0.2, 0) is 0 Å². The highest BCUT2D eigenvalue weighted by Gasteiger charge is 2.10. The van der Waals surface area contributed by atoms with Gasteiger partial charge in [0.2, 0.25) is 0 Å². The number of nitrogens with one attached hydrogen (secondary N) is 2. The van der Waals surface area contributed by atoms with Crippen LogP contribution in [0.2, 0.25) is 0 Å². The molecule has 0 aliphatic rings. The molecule has 0 saturated carbocycles. The monoisotopic (exact) mass is 311 g/mol. The fourth-order valence-corrected chi connectivity index (χ4v) is 3.18. The first kappa shape index (κ1) is 14.5. The molecule has 1 heterocycles.